The van der Waals surface area contributed by atoms with Gasteiger partial charge in [-0.3, -0.25) is 9.69 Å². The van der Waals surface area contributed by atoms with Gasteiger partial charge in [-0.25, -0.2) is 14.8 Å². The van der Waals surface area contributed by atoms with Crippen molar-refractivity contribution in [1.82, 2.24) is 25.5 Å². The summed E-state index contributed by atoms with van der Waals surface area (Å²) < 4.78 is 10.9. The highest BCUT2D eigenvalue weighted by Gasteiger charge is 2.35. The second-order valence-corrected chi connectivity index (χ2v) is 10.4. The maximum Gasteiger partial charge on any atom is 0.407 e. The molecule has 0 aromatic carbocycles. The van der Waals surface area contributed by atoms with Crippen LogP contribution in [0.2, 0.25) is 0 Å². The topological polar surface area (TPSA) is 127 Å². The zero-order valence-electron chi connectivity index (χ0n) is 21.7. The number of ether oxygens (including phenoxy) is 1. The van der Waals surface area contributed by atoms with Crippen molar-refractivity contribution in [2.24, 2.45) is 0 Å². The summed E-state index contributed by atoms with van der Waals surface area (Å²) in [7, 11) is 0. The van der Waals surface area contributed by atoms with Crippen molar-refractivity contribution < 1.29 is 18.7 Å². The molecule has 1 N–H and O–H groups in total. The van der Waals surface area contributed by atoms with Crippen LogP contribution in [0.4, 0.5) is 16.4 Å². The molecule has 3 aromatic heterocycles. The van der Waals surface area contributed by atoms with Gasteiger partial charge in [0.1, 0.15) is 22.9 Å². The molecular weight excluding hydrogens is 474 g/mol. The standard InChI is InChI=1S/C26H31N7O4/c1-15-8-7-11-32(15)22-12-17-18(20(29-22)13-27-25(35)37-26(3,4)5)14-33(24(17)34)21-10-6-9-19(28-21)23-31-30-16(2)36-23/h6,9-10,12,15H,7-8,11,13-14H2,1-5H3,(H,27,35)/t15-/m1/s1. The molecule has 0 bridgehead atoms. The van der Waals surface area contributed by atoms with Gasteiger partial charge in [0.05, 0.1) is 24.3 Å². The Bertz CT molecular complexity index is 1350. The minimum atomic E-state index is -0.618. The van der Waals surface area contributed by atoms with Crippen molar-refractivity contribution in [1.29, 1.82) is 0 Å². The Kier molecular flexibility index (Phi) is 6.30. The Morgan fingerprint density at radius 2 is 2.03 bits per heavy atom. The molecule has 194 valence electrons. The molecule has 0 saturated carbocycles. The van der Waals surface area contributed by atoms with Crippen LogP contribution >= 0.6 is 0 Å². The average molecular weight is 506 g/mol. The number of nitrogens with zero attached hydrogens (tertiary/aromatic N) is 6. The summed E-state index contributed by atoms with van der Waals surface area (Å²) in [6, 6.07) is 7.51. The first-order chi connectivity index (χ1) is 17.6. The number of hydrogen-bond acceptors (Lipinski definition) is 9. The van der Waals surface area contributed by atoms with Crippen LogP contribution in [-0.2, 0) is 17.8 Å². The molecule has 2 aliphatic rings. The van der Waals surface area contributed by atoms with Gasteiger partial charge >= 0.3 is 6.09 Å². The van der Waals surface area contributed by atoms with Crippen LogP contribution in [0.25, 0.3) is 11.6 Å². The number of fused-ring (bicyclic) bond motifs is 1. The number of hydrogen-bond donors (Lipinski definition) is 1. The van der Waals surface area contributed by atoms with E-state index in [1.54, 1.807) is 30.0 Å². The lowest BCUT2D eigenvalue weighted by Crippen LogP contribution is -2.33. The Hall–Kier alpha value is -4.02. The molecule has 2 amide bonds. The van der Waals surface area contributed by atoms with Crippen LogP contribution in [0.3, 0.4) is 0 Å². The minimum absolute atomic E-state index is 0.142. The lowest BCUT2D eigenvalue weighted by molar-refractivity contribution is 0.0522. The third-order valence-electron chi connectivity index (χ3n) is 6.39. The predicted octanol–water partition coefficient (Wildman–Crippen LogP) is 4.01. The molecule has 5 rings (SSSR count). The SMILES string of the molecule is Cc1nnc(-c2cccc(N3Cc4c(cc(N5CCC[C@H]5C)nc4CNC(=O)OC(C)(C)C)C3=O)n2)o1. The van der Waals surface area contributed by atoms with E-state index in [1.807, 2.05) is 26.8 Å². The molecule has 3 aromatic rings. The van der Waals surface area contributed by atoms with E-state index < -0.39 is 11.7 Å². The summed E-state index contributed by atoms with van der Waals surface area (Å²) in [4.78, 5) is 39.4. The number of aromatic nitrogens is 4. The molecule has 2 aliphatic heterocycles. The van der Waals surface area contributed by atoms with Gasteiger partial charge in [0.25, 0.3) is 11.8 Å². The van der Waals surface area contributed by atoms with Gasteiger partial charge in [0.2, 0.25) is 5.89 Å². The number of carbonyl (C=O) groups is 2. The largest absolute Gasteiger partial charge is 0.444 e. The van der Waals surface area contributed by atoms with Crippen LogP contribution in [0.1, 0.15) is 68.0 Å². The highest BCUT2D eigenvalue weighted by molar-refractivity contribution is 6.10. The summed E-state index contributed by atoms with van der Waals surface area (Å²) in [5.41, 5.74) is 1.82. The number of rotatable bonds is 5. The van der Waals surface area contributed by atoms with E-state index in [2.05, 4.69) is 32.3 Å². The van der Waals surface area contributed by atoms with Gasteiger partial charge in [-0.15, -0.1) is 10.2 Å². The number of nitrogens with one attached hydrogen (secondary N) is 1. The molecule has 5 heterocycles. The average Bonchev–Trinajstić information content (AvgIpc) is 3.55. The second kappa shape index (κ2) is 9.45. The lowest BCUT2D eigenvalue weighted by Gasteiger charge is -2.24. The number of alkyl carbamates (subject to hydrolysis) is 1. The first-order valence-electron chi connectivity index (χ1n) is 12.4. The van der Waals surface area contributed by atoms with Gasteiger partial charge in [0.15, 0.2) is 0 Å². The second-order valence-electron chi connectivity index (χ2n) is 10.4. The quantitative estimate of drug-likeness (QED) is 0.547. The van der Waals surface area contributed by atoms with Crippen LogP contribution in [-0.4, -0.2) is 50.4 Å². The van der Waals surface area contributed by atoms with Gasteiger partial charge in [-0.05, 0) is 58.7 Å². The van der Waals surface area contributed by atoms with E-state index >= 15 is 0 Å². The smallest absolute Gasteiger partial charge is 0.407 e. The molecular formula is C26H31N7O4. The maximum absolute atomic E-state index is 13.7. The maximum atomic E-state index is 13.7. The molecule has 0 radical (unpaired) electrons. The zero-order chi connectivity index (χ0) is 26.3. The summed E-state index contributed by atoms with van der Waals surface area (Å²) >= 11 is 0. The molecule has 0 aliphatic carbocycles. The highest BCUT2D eigenvalue weighted by Crippen LogP contribution is 2.34. The summed E-state index contributed by atoms with van der Waals surface area (Å²) in [6.07, 6.45) is 1.60. The van der Waals surface area contributed by atoms with E-state index in [1.165, 1.54) is 0 Å². The first-order valence-corrected chi connectivity index (χ1v) is 12.4. The lowest BCUT2D eigenvalue weighted by atomic mass is 10.1. The molecule has 11 nitrogen and oxygen atoms in total. The van der Waals surface area contributed by atoms with E-state index in [0.29, 0.717) is 34.7 Å². The third-order valence-corrected chi connectivity index (χ3v) is 6.39. The fraction of sp³-hybridized carbons (Fsp3) is 0.462. The number of aryl methyl sites for hydroxylation is 1. The number of carbonyl (C=O) groups excluding carboxylic acids is 2. The fourth-order valence-corrected chi connectivity index (χ4v) is 4.67. The van der Waals surface area contributed by atoms with Crippen molar-refractivity contribution in [3.63, 3.8) is 0 Å². The number of anilines is 2. The highest BCUT2D eigenvalue weighted by atomic mass is 16.6. The Balaban J connectivity index is 1.47. The molecule has 0 unspecified atom stereocenters. The van der Waals surface area contributed by atoms with Crippen LogP contribution in [0.15, 0.2) is 28.7 Å². The Morgan fingerprint density at radius 1 is 1.22 bits per heavy atom. The normalized spacial score (nSPS) is 17.3. The predicted molar refractivity (Wildman–Crippen MR) is 136 cm³/mol. The summed E-state index contributed by atoms with van der Waals surface area (Å²) in [5, 5.41) is 10.7. The number of pyridine rings is 2. The van der Waals surface area contributed by atoms with Gasteiger partial charge in [-0.2, -0.15) is 0 Å². The van der Waals surface area contributed by atoms with Crippen molar-refractivity contribution in [2.75, 3.05) is 16.3 Å². The molecule has 1 saturated heterocycles. The third kappa shape index (κ3) is 5.11. The molecule has 1 fully saturated rings. The van der Waals surface area contributed by atoms with E-state index in [9.17, 15) is 9.59 Å². The van der Waals surface area contributed by atoms with E-state index in [-0.39, 0.29) is 24.9 Å². The van der Waals surface area contributed by atoms with Gasteiger partial charge < -0.3 is 19.4 Å². The fourth-order valence-electron chi connectivity index (χ4n) is 4.67. The monoisotopic (exact) mass is 505 g/mol. The van der Waals surface area contributed by atoms with E-state index in [4.69, 9.17) is 14.1 Å². The van der Waals surface area contributed by atoms with Crippen LogP contribution in [0, 0.1) is 6.92 Å². The van der Waals surface area contributed by atoms with Gasteiger partial charge in [0, 0.05) is 25.1 Å². The summed E-state index contributed by atoms with van der Waals surface area (Å²) in [6.45, 7) is 10.6. The minimum Gasteiger partial charge on any atom is -0.444 e. The Morgan fingerprint density at radius 3 is 2.70 bits per heavy atom. The molecule has 37 heavy (non-hydrogen) atoms. The van der Waals surface area contributed by atoms with Crippen molar-refractivity contribution in [3.05, 3.63) is 47.0 Å². The zero-order valence-corrected chi connectivity index (χ0v) is 21.7. The molecule has 0 spiro atoms. The van der Waals surface area contributed by atoms with Crippen LogP contribution < -0.4 is 15.1 Å². The molecule has 11 heteroatoms. The van der Waals surface area contributed by atoms with Crippen molar-refractivity contribution in [2.45, 2.75) is 72.2 Å². The first kappa shape index (κ1) is 24.7. The van der Waals surface area contributed by atoms with E-state index in [0.717, 1.165) is 30.8 Å². The van der Waals surface area contributed by atoms with Crippen molar-refractivity contribution >= 4 is 23.6 Å². The summed E-state index contributed by atoms with van der Waals surface area (Å²) in [5.74, 6) is 1.76. The van der Waals surface area contributed by atoms with Gasteiger partial charge in [-0.1, -0.05) is 6.07 Å². The van der Waals surface area contributed by atoms with Crippen LogP contribution in [0.5, 0.6) is 0 Å². The Labute approximate surface area is 215 Å². The molecule has 1 atom stereocenters. The number of amides is 2. The van der Waals surface area contributed by atoms with Crippen molar-refractivity contribution in [3.8, 4) is 11.6 Å².